The zero-order valence-corrected chi connectivity index (χ0v) is 25.3. The van der Waals surface area contributed by atoms with Gasteiger partial charge in [-0.05, 0) is 72.1 Å². The number of benzene rings is 1. The van der Waals surface area contributed by atoms with Gasteiger partial charge in [0.05, 0.1) is 0 Å². The van der Waals surface area contributed by atoms with Gasteiger partial charge in [-0.15, -0.1) is 0 Å². The zero-order valence-electron chi connectivity index (χ0n) is 25.3. The first-order valence-electron chi connectivity index (χ1n) is 14.2. The molecule has 0 heterocycles. The minimum absolute atomic E-state index is 0.0461. The lowest BCUT2D eigenvalue weighted by Crippen LogP contribution is -2.55. The normalized spacial score (nSPS) is 13.2. The van der Waals surface area contributed by atoms with Crippen LogP contribution in [0.3, 0.4) is 0 Å². The first-order valence-corrected chi connectivity index (χ1v) is 14.2. The lowest BCUT2D eigenvalue weighted by molar-refractivity contribution is -0.143. The Hall–Kier alpha value is -3.30. The van der Waals surface area contributed by atoms with Crippen LogP contribution in [0.15, 0.2) is 24.3 Å². The Bertz CT molecular complexity index is 983. The van der Waals surface area contributed by atoms with Crippen molar-refractivity contribution < 1.29 is 29.0 Å². The highest BCUT2D eigenvalue weighted by molar-refractivity contribution is 5.92. The molecule has 0 radical (unpaired) electrons. The van der Waals surface area contributed by atoms with E-state index in [1.807, 2.05) is 20.8 Å². The van der Waals surface area contributed by atoms with E-state index in [0.717, 1.165) is 32.1 Å². The monoisotopic (exact) mass is 562 g/mol. The van der Waals surface area contributed by atoms with Gasteiger partial charge in [-0.2, -0.15) is 0 Å². The van der Waals surface area contributed by atoms with Crippen molar-refractivity contribution in [3.05, 3.63) is 29.8 Å². The van der Waals surface area contributed by atoms with E-state index in [4.69, 9.17) is 10.5 Å². The number of hydrogen-bond acceptors (Lipinski definition) is 6. The summed E-state index contributed by atoms with van der Waals surface area (Å²) in [5.74, 6) is -1.64. The van der Waals surface area contributed by atoms with Gasteiger partial charge in [0, 0.05) is 18.5 Å². The summed E-state index contributed by atoms with van der Waals surface area (Å²) in [5.41, 5.74) is 4.39. The molecule has 0 saturated carbocycles. The molecule has 0 aromatic heterocycles. The van der Waals surface area contributed by atoms with E-state index < -0.39 is 47.0 Å². The molecule has 4 amide bonds. The van der Waals surface area contributed by atoms with Crippen molar-refractivity contribution in [1.82, 2.24) is 15.5 Å². The van der Waals surface area contributed by atoms with Gasteiger partial charge in [0.15, 0.2) is 0 Å². The fraction of sp³-hybridized carbons (Fsp3) is 0.667. The SMILES string of the molecule is CCCCCCCCN(C(=O)C(CCC(N)=O)NC(=O)OC(C)(C)C)C(C(=O)NC(C)(C)C)c1cccc(O)c1. The molecule has 0 fully saturated rings. The summed E-state index contributed by atoms with van der Waals surface area (Å²) in [4.78, 5) is 53.6. The molecule has 1 aromatic carbocycles. The maximum Gasteiger partial charge on any atom is 0.408 e. The van der Waals surface area contributed by atoms with Crippen molar-refractivity contribution in [1.29, 1.82) is 0 Å². The summed E-state index contributed by atoms with van der Waals surface area (Å²) < 4.78 is 5.37. The summed E-state index contributed by atoms with van der Waals surface area (Å²) in [6.45, 7) is 13.0. The summed E-state index contributed by atoms with van der Waals surface area (Å²) in [6, 6.07) is 3.97. The fourth-order valence-electron chi connectivity index (χ4n) is 4.23. The van der Waals surface area contributed by atoms with E-state index in [9.17, 15) is 24.3 Å². The van der Waals surface area contributed by atoms with E-state index in [1.54, 1.807) is 32.9 Å². The number of unbranched alkanes of at least 4 members (excludes halogenated alkanes) is 5. The van der Waals surface area contributed by atoms with Crippen molar-refractivity contribution >= 4 is 23.8 Å². The molecule has 1 aromatic rings. The second kappa shape index (κ2) is 16.1. The van der Waals surface area contributed by atoms with Crippen LogP contribution in [-0.2, 0) is 19.1 Å². The molecule has 0 spiro atoms. The summed E-state index contributed by atoms with van der Waals surface area (Å²) in [7, 11) is 0. The molecule has 10 heteroatoms. The molecule has 0 aliphatic rings. The van der Waals surface area contributed by atoms with Crippen LogP contribution in [0.4, 0.5) is 4.79 Å². The van der Waals surface area contributed by atoms with Crippen LogP contribution in [0.2, 0.25) is 0 Å². The Morgan fingerprint density at radius 2 is 1.62 bits per heavy atom. The van der Waals surface area contributed by atoms with Crippen molar-refractivity contribution in [2.24, 2.45) is 5.73 Å². The number of carbonyl (C=O) groups excluding carboxylic acids is 4. The van der Waals surface area contributed by atoms with Gasteiger partial charge in [-0.3, -0.25) is 14.4 Å². The molecular weight excluding hydrogens is 512 g/mol. The number of phenolic OH excluding ortho intramolecular Hbond substituents is 1. The van der Waals surface area contributed by atoms with Gasteiger partial charge in [0.2, 0.25) is 17.7 Å². The standard InChI is InChI=1S/C30H50N4O6/c1-8-9-10-11-12-13-19-34(25(26(37)33-29(2,3)4)21-15-14-16-22(35)20-21)27(38)23(17-18-24(31)36)32-28(39)40-30(5,6)7/h14-16,20,23,25,35H,8-13,17-19H2,1-7H3,(H2,31,36)(H,32,39)(H,33,37). The lowest BCUT2D eigenvalue weighted by Gasteiger charge is -2.36. The Balaban J connectivity index is 3.50. The topological polar surface area (TPSA) is 151 Å². The Morgan fingerprint density at radius 3 is 2.17 bits per heavy atom. The van der Waals surface area contributed by atoms with Gasteiger partial charge in [0.1, 0.15) is 23.4 Å². The maximum absolute atomic E-state index is 14.2. The number of nitrogens with one attached hydrogen (secondary N) is 2. The molecule has 1 rings (SSSR count). The summed E-state index contributed by atoms with van der Waals surface area (Å²) in [6.07, 6.45) is 4.74. The molecule has 0 aliphatic heterocycles. The van der Waals surface area contributed by atoms with Gasteiger partial charge < -0.3 is 31.1 Å². The maximum atomic E-state index is 14.2. The number of carbonyl (C=O) groups is 4. The number of aromatic hydroxyl groups is 1. The molecule has 5 N–H and O–H groups in total. The van der Waals surface area contributed by atoms with Crippen molar-refractivity contribution in [2.75, 3.05) is 6.54 Å². The molecule has 226 valence electrons. The van der Waals surface area contributed by atoms with E-state index in [2.05, 4.69) is 17.6 Å². The van der Waals surface area contributed by atoms with Crippen molar-refractivity contribution in [3.63, 3.8) is 0 Å². The number of hydrogen-bond donors (Lipinski definition) is 4. The van der Waals surface area contributed by atoms with Crippen LogP contribution >= 0.6 is 0 Å². The first kappa shape index (κ1) is 34.7. The third kappa shape index (κ3) is 13.7. The number of nitrogens with zero attached hydrogens (tertiary/aromatic N) is 1. The van der Waals surface area contributed by atoms with Crippen LogP contribution in [-0.4, -0.2) is 57.5 Å². The van der Waals surface area contributed by atoms with E-state index in [0.29, 0.717) is 12.0 Å². The summed E-state index contributed by atoms with van der Waals surface area (Å²) >= 11 is 0. The van der Waals surface area contributed by atoms with E-state index in [-0.39, 0.29) is 25.1 Å². The second-order valence-corrected chi connectivity index (χ2v) is 12.2. The molecule has 40 heavy (non-hydrogen) atoms. The van der Waals surface area contributed by atoms with Crippen LogP contribution in [0.25, 0.3) is 0 Å². The number of amides is 4. The highest BCUT2D eigenvalue weighted by atomic mass is 16.6. The smallest absolute Gasteiger partial charge is 0.408 e. The number of ether oxygens (including phenoxy) is 1. The van der Waals surface area contributed by atoms with Gasteiger partial charge in [-0.1, -0.05) is 51.2 Å². The van der Waals surface area contributed by atoms with Crippen LogP contribution in [0.1, 0.15) is 111 Å². The predicted molar refractivity (Wildman–Crippen MR) is 155 cm³/mol. The van der Waals surface area contributed by atoms with Gasteiger partial charge in [0.25, 0.3) is 0 Å². The molecule has 0 bridgehead atoms. The average Bonchev–Trinajstić information content (AvgIpc) is 2.80. The molecule has 0 saturated heterocycles. The third-order valence-corrected chi connectivity index (χ3v) is 5.95. The number of rotatable bonds is 15. The zero-order chi connectivity index (χ0) is 30.5. The number of primary amides is 1. The number of phenols is 1. The minimum Gasteiger partial charge on any atom is -0.508 e. The van der Waals surface area contributed by atoms with Crippen LogP contribution in [0, 0.1) is 0 Å². The second-order valence-electron chi connectivity index (χ2n) is 12.2. The van der Waals surface area contributed by atoms with Crippen molar-refractivity contribution in [2.45, 2.75) is 123 Å². The van der Waals surface area contributed by atoms with Crippen molar-refractivity contribution in [3.8, 4) is 5.75 Å². The molecule has 2 unspecified atom stereocenters. The molecular formula is C30H50N4O6. The third-order valence-electron chi connectivity index (χ3n) is 5.95. The first-order chi connectivity index (χ1) is 18.5. The average molecular weight is 563 g/mol. The highest BCUT2D eigenvalue weighted by Gasteiger charge is 2.37. The Morgan fingerprint density at radius 1 is 1.00 bits per heavy atom. The summed E-state index contributed by atoms with van der Waals surface area (Å²) in [5, 5.41) is 15.8. The van der Waals surface area contributed by atoms with E-state index in [1.165, 1.54) is 17.0 Å². The predicted octanol–water partition coefficient (Wildman–Crippen LogP) is 4.70. The van der Waals surface area contributed by atoms with E-state index >= 15 is 0 Å². The molecule has 0 aliphatic carbocycles. The quantitative estimate of drug-likeness (QED) is 0.228. The lowest BCUT2D eigenvalue weighted by atomic mass is 9.99. The Labute approximate surface area is 239 Å². The number of nitrogens with two attached hydrogens (primary N) is 1. The van der Waals surface area contributed by atoms with Crippen LogP contribution < -0.4 is 16.4 Å². The number of alkyl carbamates (subject to hydrolysis) is 1. The van der Waals surface area contributed by atoms with Crippen LogP contribution in [0.5, 0.6) is 5.75 Å². The van der Waals surface area contributed by atoms with Gasteiger partial charge in [-0.25, -0.2) is 4.79 Å². The Kier molecular flexibility index (Phi) is 14.0. The highest BCUT2D eigenvalue weighted by Crippen LogP contribution is 2.27. The minimum atomic E-state index is -1.16. The van der Waals surface area contributed by atoms with Gasteiger partial charge >= 0.3 is 6.09 Å². The molecule has 10 nitrogen and oxygen atoms in total. The largest absolute Gasteiger partial charge is 0.508 e. The fourth-order valence-corrected chi connectivity index (χ4v) is 4.23. The molecule has 2 atom stereocenters.